The maximum Gasteiger partial charge on any atom is 0.240 e. The molecule has 130 valence electrons. The summed E-state index contributed by atoms with van der Waals surface area (Å²) >= 11 is 0. The van der Waals surface area contributed by atoms with Crippen LogP contribution in [0.3, 0.4) is 0 Å². The Morgan fingerprint density at radius 2 is 1.87 bits per heavy atom. The minimum atomic E-state index is -3.60. The van der Waals surface area contributed by atoms with Crippen molar-refractivity contribution in [3.05, 3.63) is 18.2 Å². The summed E-state index contributed by atoms with van der Waals surface area (Å²) in [5, 5.41) is 0. The topological polar surface area (TPSA) is 90.7 Å². The molecule has 0 spiro atoms. The molecule has 2 rings (SSSR count). The van der Waals surface area contributed by atoms with Gasteiger partial charge < -0.3 is 15.2 Å². The third kappa shape index (κ3) is 4.37. The summed E-state index contributed by atoms with van der Waals surface area (Å²) in [7, 11) is -3.60. The van der Waals surface area contributed by atoms with Crippen LogP contribution in [-0.4, -0.2) is 34.2 Å². The van der Waals surface area contributed by atoms with Gasteiger partial charge in [0, 0.05) is 12.1 Å². The minimum Gasteiger partial charge on any atom is -0.490 e. The largest absolute Gasteiger partial charge is 0.490 e. The van der Waals surface area contributed by atoms with Crippen LogP contribution in [0.2, 0.25) is 0 Å². The molecule has 6 nitrogen and oxygen atoms in total. The van der Waals surface area contributed by atoms with E-state index in [2.05, 4.69) is 4.72 Å². The first-order valence-electron chi connectivity index (χ1n) is 8.13. The first-order valence-corrected chi connectivity index (χ1v) is 9.62. The molecule has 1 aromatic carbocycles. The van der Waals surface area contributed by atoms with E-state index in [1.165, 1.54) is 6.07 Å². The molecular formula is C16H26N2O4S. The Morgan fingerprint density at radius 1 is 1.17 bits per heavy atom. The second-order valence-electron chi connectivity index (χ2n) is 5.63. The highest BCUT2D eigenvalue weighted by molar-refractivity contribution is 7.89. The molecule has 0 aromatic heterocycles. The zero-order valence-corrected chi connectivity index (χ0v) is 14.6. The van der Waals surface area contributed by atoms with Gasteiger partial charge in [0.25, 0.3) is 0 Å². The lowest BCUT2D eigenvalue weighted by molar-refractivity contribution is 0.287. The molecule has 2 unspecified atom stereocenters. The van der Waals surface area contributed by atoms with E-state index in [1.54, 1.807) is 12.1 Å². The lowest BCUT2D eigenvalue weighted by Gasteiger charge is -2.20. The summed E-state index contributed by atoms with van der Waals surface area (Å²) < 4.78 is 39.0. The summed E-state index contributed by atoms with van der Waals surface area (Å²) in [5.41, 5.74) is 5.73. The number of hydrogen-bond donors (Lipinski definition) is 2. The van der Waals surface area contributed by atoms with Gasteiger partial charge >= 0.3 is 0 Å². The Kier molecular flexibility index (Phi) is 6.26. The highest BCUT2D eigenvalue weighted by atomic mass is 32.2. The van der Waals surface area contributed by atoms with Crippen LogP contribution < -0.4 is 19.9 Å². The van der Waals surface area contributed by atoms with Crippen LogP contribution in [0.25, 0.3) is 0 Å². The van der Waals surface area contributed by atoms with Crippen molar-refractivity contribution in [3.63, 3.8) is 0 Å². The van der Waals surface area contributed by atoms with Crippen molar-refractivity contribution in [3.8, 4) is 11.5 Å². The molecule has 1 aliphatic carbocycles. The standard InChI is InChI=1S/C16H26N2O4S/c1-3-21-15-9-8-13(10-16(15)22-4-2)23(19,20)18-14-7-5-6-12(14)11-17/h8-10,12,14,18H,3-7,11,17H2,1-2H3. The average Bonchev–Trinajstić information content (AvgIpc) is 2.95. The van der Waals surface area contributed by atoms with Gasteiger partial charge in [0.2, 0.25) is 10.0 Å². The quantitative estimate of drug-likeness (QED) is 0.753. The molecule has 7 heteroatoms. The number of rotatable bonds is 8. The van der Waals surface area contributed by atoms with Gasteiger partial charge in [0.15, 0.2) is 11.5 Å². The first kappa shape index (κ1) is 18.0. The van der Waals surface area contributed by atoms with E-state index in [4.69, 9.17) is 15.2 Å². The van der Waals surface area contributed by atoms with E-state index < -0.39 is 10.0 Å². The van der Waals surface area contributed by atoms with E-state index in [0.29, 0.717) is 31.3 Å². The Balaban J connectivity index is 2.23. The molecule has 0 bridgehead atoms. The van der Waals surface area contributed by atoms with E-state index in [-0.39, 0.29) is 16.9 Å². The van der Waals surface area contributed by atoms with E-state index in [0.717, 1.165) is 19.3 Å². The van der Waals surface area contributed by atoms with Crippen LogP contribution in [-0.2, 0) is 10.0 Å². The number of nitrogens with two attached hydrogens (primary N) is 1. The summed E-state index contributed by atoms with van der Waals surface area (Å²) in [5.74, 6) is 1.20. The van der Waals surface area contributed by atoms with E-state index in [9.17, 15) is 8.42 Å². The summed E-state index contributed by atoms with van der Waals surface area (Å²) in [6.07, 6.45) is 2.80. The molecule has 1 fully saturated rings. The lowest BCUT2D eigenvalue weighted by Crippen LogP contribution is -2.39. The van der Waals surface area contributed by atoms with Crippen molar-refractivity contribution in [2.75, 3.05) is 19.8 Å². The number of ether oxygens (including phenoxy) is 2. The Labute approximate surface area is 138 Å². The smallest absolute Gasteiger partial charge is 0.240 e. The molecular weight excluding hydrogens is 316 g/mol. The van der Waals surface area contributed by atoms with Crippen molar-refractivity contribution in [1.82, 2.24) is 4.72 Å². The predicted octanol–water partition coefficient (Wildman–Crippen LogP) is 1.89. The van der Waals surface area contributed by atoms with Crippen LogP contribution in [0, 0.1) is 5.92 Å². The van der Waals surface area contributed by atoms with Gasteiger partial charge in [0.05, 0.1) is 18.1 Å². The summed E-state index contributed by atoms with van der Waals surface area (Å²) in [4.78, 5) is 0.187. The summed E-state index contributed by atoms with van der Waals surface area (Å²) in [6, 6.07) is 4.61. The normalized spacial score (nSPS) is 21.3. The van der Waals surface area contributed by atoms with Gasteiger partial charge in [-0.1, -0.05) is 6.42 Å². The maximum atomic E-state index is 12.6. The molecule has 0 radical (unpaired) electrons. The van der Waals surface area contributed by atoms with Crippen molar-refractivity contribution >= 4 is 10.0 Å². The van der Waals surface area contributed by atoms with Gasteiger partial charge in [-0.2, -0.15) is 0 Å². The summed E-state index contributed by atoms with van der Waals surface area (Å²) in [6.45, 7) is 5.15. The van der Waals surface area contributed by atoms with Crippen LogP contribution in [0.15, 0.2) is 23.1 Å². The van der Waals surface area contributed by atoms with Gasteiger partial charge in [0.1, 0.15) is 0 Å². The number of hydrogen-bond acceptors (Lipinski definition) is 5. The van der Waals surface area contributed by atoms with E-state index >= 15 is 0 Å². The van der Waals surface area contributed by atoms with Crippen LogP contribution in [0.4, 0.5) is 0 Å². The number of nitrogens with one attached hydrogen (secondary N) is 1. The number of sulfonamides is 1. The zero-order chi connectivity index (χ0) is 16.9. The van der Waals surface area contributed by atoms with Gasteiger partial charge in [-0.3, -0.25) is 0 Å². The molecule has 1 saturated carbocycles. The second-order valence-corrected chi connectivity index (χ2v) is 7.34. The SMILES string of the molecule is CCOc1ccc(S(=O)(=O)NC2CCCC2CN)cc1OCC. The van der Waals surface area contributed by atoms with Crippen molar-refractivity contribution in [2.45, 2.75) is 44.0 Å². The average molecular weight is 342 g/mol. The van der Waals surface area contributed by atoms with Crippen LogP contribution in [0.5, 0.6) is 11.5 Å². The van der Waals surface area contributed by atoms with Crippen molar-refractivity contribution < 1.29 is 17.9 Å². The maximum absolute atomic E-state index is 12.6. The highest BCUT2D eigenvalue weighted by Crippen LogP contribution is 2.31. The number of benzene rings is 1. The molecule has 0 amide bonds. The lowest BCUT2D eigenvalue weighted by atomic mass is 10.1. The molecule has 1 aromatic rings. The fraction of sp³-hybridized carbons (Fsp3) is 0.625. The Hall–Kier alpha value is -1.31. The van der Waals surface area contributed by atoms with E-state index in [1.807, 2.05) is 13.8 Å². The van der Waals surface area contributed by atoms with Gasteiger partial charge in [-0.15, -0.1) is 0 Å². The van der Waals surface area contributed by atoms with Gasteiger partial charge in [-0.25, -0.2) is 13.1 Å². The zero-order valence-electron chi connectivity index (χ0n) is 13.7. The minimum absolute atomic E-state index is 0.0906. The third-order valence-electron chi connectivity index (χ3n) is 4.09. The Bertz CT molecular complexity index is 619. The van der Waals surface area contributed by atoms with Crippen molar-refractivity contribution in [2.24, 2.45) is 11.7 Å². The molecule has 0 saturated heterocycles. The molecule has 1 aliphatic rings. The first-order chi connectivity index (χ1) is 11.0. The van der Waals surface area contributed by atoms with Crippen LogP contribution >= 0.6 is 0 Å². The monoisotopic (exact) mass is 342 g/mol. The highest BCUT2D eigenvalue weighted by Gasteiger charge is 2.30. The van der Waals surface area contributed by atoms with Gasteiger partial charge in [-0.05, 0) is 51.3 Å². The predicted molar refractivity (Wildman–Crippen MR) is 89.3 cm³/mol. The fourth-order valence-corrected chi connectivity index (χ4v) is 4.29. The van der Waals surface area contributed by atoms with Crippen molar-refractivity contribution in [1.29, 1.82) is 0 Å². The molecule has 3 N–H and O–H groups in total. The second kappa shape index (κ2) is 7.99. The Morgan fingerprint density at radius 3 is 2.52 bits per heavy atom. The molecule has 23 heavy (non-hydrogen) atoms. The third-order valence-corrected chi connectivity index (χ3v) is 5.58. The molecule has 2 atom stereocenters. The molecule has 0 aliphatic heterocycles. The van der Waals surface area contributed by atoms with Crippen LogP contribution in [0.1, 0.15) is 33.1 Å². The molecule has 0 heterocycles. The fourth-order valence-electron chi connectivity index (χ4n) is 2.94.